The third-order valence-corrected chi connectivity index (χ3v) is 8.50. The molecule has 1 N–H and O–H groups in total. The Hall–Kier alpha value is -4.69. The van der Waals surface area contributed by atoms with Crippen LogP contribution in [-0.4, -0.2) is 38.9 Å². The van der Waals surface area contributed by atoms with E-state index in [0.29, 0.717) is 12.4 Å². The van der Waals surface area contributed by atoms with Crippen molar-refractivity contribution in [2.24, 2.45) is 0 Å². The van der Waals surface area contributed by atoms with Crippen LogP contribution in [0.25, 0.3) is 16.9 Å². The first kappa shape index (κ1) is 27.5. The molecule has 0 saturated heterocycles. The van der Waals surface area contributed by atoms with E-state index in [1.165, 1.54) is 0 Å². The van der Waals surface area contributed by atoms with Gasteiger partial charge in [0.25, 0.3) is 0 Å². The van der Waals surface area contributed by atoms with E-state index in [0.717, 1.165) is 44.8 Å². The summed E-state index contributed by atoms with van der Waals surface area (Å²) in [6.07, 6.45) is 3.42. The SMILES string of the molecule is Cc1cccc(C2SCC(=O)N(CC(=O)NCc3cccnc3)c3c2c(-c2ccccc2)nn3-c2cccc(C)c2)c1. The Morgan fingerprint density at radius 3 is 2.48 bits per heavy atom. The van der Waals surface area contributed by atoms with Crippen molar-refractivity contribution in [1.29, 1.82) is 0 Å². The van der Waals surface area contributed by atoms with Gasteiger partial charge < -0.3 is 5.32 Å². The Bertz CT molecular complexity index is 1740. The number of fused-ring (bicyclic) bond motifs is 1. The van der Waals surface area contributed by atoms with Crippen LogP contribution < -0.4 is 10.2 Å². The highest BCUT2D eigenvalue weighted by atomic mass is 32.2. The molecule has 0 bridgehead atoms. The van der Waals surface area contributed by atoms with Crippen molar-refractivity contribution in [3.05, 3.63) is 131 Å². The predicted molar refractivity (Wildman–Crippen MR) is 168 cm³/mol. The van der Waals surface area contributed by atoms with Crippen LogP contribution in [-0.2, 0) is 16.1 Å². The number of rotatable bonds is 7. The number of carbonyl (C=O) groups excluding carboxylic acids is 2. The van der Waals surface area contributed by atoms with E-state index >= 15 is 0 Å². The largest absolute Gasteiger partial charge is 0.350 e. The third-order valence-electron chi connectivity index (χ3n) is 7.24. The Morgan fingerprint density at radius 1 is 0.952 bits per heavy atom. The molecule has 0 spiro atoms. The summed E-state index contributed by atoms with van der Waals surface area (Å²) in [6.45, 7) is 4.31. The van der Waals surface area contributed by atoms with Crippen molar-refractivity contribution in [1.82, 2.24) is 20.1 Å². The van der Waals surface area contributed by atoms with Crippen LogP contribution >= 0.6 is 11.8 Å². The number of hydrogen-bond acceptors (Lipinski definition) is 5. The van der Waals surface area contributed by atoms with E-state index < -0.39 is 0 Å². The lowest BCUT2D eigenvalue weighted by molar-refractivity contribution is -0.123. The van der Waals surface area contributed by atoms with Crippen molar-refractivity contribution in [2.45, 2.75) is 25.6 Å². The highest BCUT2D eigenvalue weighted by molar-refractivity contribution is 8.00. The van der Waals surface area contributed by atoms with Gasteiger partial charge in [0.15, 0.2) is 0 Å². The Morgan fingerprint density at radius 2 is 1.74 bits per heavy atom. The minimum Gasteiger partial charge on any atom is -0.350 e. The van der Waals surface area contributed by atoms with Gasteiger partial charge in [-0.05, 0) is 48.7 Å². The zero-order chi connectivity index (χ0) is 29.1. The van der Waals surface area contributed by atoms with Crippen molar-refractivity contribution < 1.29 is 9.59 Å². The summed E-state index contributed by atoms with van der Waals surface area (Å²) in [5.74, 6) is 0.458. The van der Waals surface area contributed by atoms with Gasteiger partial charge in [-0.3, -0.25) is 19.5 Å². The molecule has 0 radical (unpaired) electrons. The monoisotopic (exact) mass is 573 g/mol. The number of benzene rings is 3. The molecule has 1 unspecified atom stereocenters. The lowest BCUT2D eigenvalue weighted by Crippen LogP contribution is -2.42. The molecule has 42 heavy (non-hydrogen) atoms. The second-order valence-electron chi connectivity index (χ2n) is 10.4. The van der Waals surface area contributed by atoms with Crippen molar-refractivity contribution in [2.75, 3.05) is 17.2 Å². The van der Waals surface area contributed by atoms with Gasteiger partial charge >= 0.3 is 0 Å². The molecule has 3 heterocycles. The number of nitrogens with zero attached hydrogens (tertiary/aromatic N) is 4. The van der Waals surface area contributed by atoms with E-state index in [2.05, 4.69) is 41.5 Å². The van der Waals surface area contributed by atoms with Gasteiger partial charge in [0.2, 0.25) is 11.8 Å². The van der Waals surface area contributed by atoms with Gasteiger partial charge in [0, 0.05) is 30.1 Å². The summed E-state index contributed by atoms with van der Waals surface area (Å²) in [4.78, 5) is 33.0. The summed E-state index contributed by atoms with van der Waals surface area (Å²) in [5.41, 5.74) is 7.70. The maximum atomic E-state index is 13.9. The van der Waals surface area contributed by atoms with Gasteiger partial charge in [-0.2, -0.15) is 5.10 Å². The number of amides is 2. The van der Waals surface area contributed by atoms with E-state index in [4.69, 9.17) is 5.10 Å². The molecule has 1 aliphatic rings. The summed E-state index contributed by atoms with van der Waals surface area (Å²) in [6, 6.07) is 30.2. The van der Waals surface area contributed by atoms with Crippen molar-refractivity contribution >= 4 is 29.4 Å². The van der Waals surface area contributed by atoms with Crippen LogP contribution in [0.15, 0.2) is 103 Å². The topological polar surface area (TPSA) is 80.1 Å². The number of hydrogen-bond donors (Lipinski definition) is 1. The number of thioether (sulfide) groups is 1. The molecule has 1 aliphatic heterocycles. The van der Waals surface area contributed by atoms with E-state index in [1.54, 1.807) is 29.1 Å². The van der Waals surface area contributed by atoms with Crippen LogP contribution in [0.3, 0.4) is 0 Å². The van der Waals surface area contributed by atoms with Gasteiger partial charge in [0.05, 0.1) is 22.4 Å². The van der Waals surface area contributed by atoms with E-state index in [9.17, 15) is 9.59 Å². The van der Waals surface area contributed by atoms with Crippen molar-refractivity contribution in [3.8, 4) is 16.9 Å². The molecule has 0 aliphatic carbocycles. The summed E-state index contributed by atoms with van der Waals surface area (Å²) < 4.78 is 1.84. The van der Waals surface area contributed by atoms with Gasteiger partial charge in [-0.1, -0.05) is 78.4 Å². The average Bonchev–Trinajstić information content (AvgIpc) is 3.33. The molecule has 6 rings (SSSR count). The second kappa shape index (κ2) is 12.0. The number of nitrogens with one attached hydrogen (secondary N) is 1. The Balaban J connectivity index is 1.52. The quantitative estimate of drug-likeness (QED) is 0.257. The number of pyridine rings is 1. The van der Waals surface area contributed by atoms with E-state index in [1.807, 2.05) is 78.3 Å². The molecule has 210 valence electrons. The fourth-order valence-corrected chi connectivity index (χ4v) is 6.46. The molecule has 5 aromatic rings. The molecule has 1 atom stereocenters. The fourth-order valence-electron chi connectivity index (χ4n) is 5.27. The smallest absolute Gasteiger partial charge is 0.240 e. The first-order chi connectivity index (χ1) is 20.5. The molecule has 2 aromatic heterocycles. The van der Waals surface area contributed by atoms with Gasteiger partial charge in [-0.15, -0.1) is 11.8 Å². The predicted octanol–water partition coefficient (Wildman–Crippen LogP) is 6.04. The number of aromatic nitrogens is 3. The first-order valence-electron chi connectivity index (χ1n) is 13.9. The molecule has 2 amide bonds. The third kappa shape index (κ3) is 5.71. The normalized spacial score (nSPS) is 14.8. The van der Waals surface area contributed by atoms with Gasteiger partial charge in [0.1, 0.15) is 12.4 Å². The highest BCUT2D eigenvalue weighted by Crippen LogP contribution is 2.48. The molecular weight excluding hydrogens is 542 g/mol. The van der Waals surface area contributed by atoms with Crippen LogP contribution in [0.4, 0.5) is 5.82 Å². The van der Waals surface area contributed by atoms with Crippen LogP contribution in [0.5, 0.6) is 0 Å². The molecule has 0 fully saturated rings. The lowest BCUT2D eigenvalue weighted by Gasteiger charge is -2.23. The zero-order valence-electron chi connectivity index (χ0n) is 23.5. The minimum absolute atomic E-state index is 0.126. The molecule has 0 saturated carbocycles. The Labute approximate surface area is 249 Å². The summed E-state index contributed by atoms with van der Waals surface area (Å²) >= 11 is 1.57. The second-order valence-corrected chi connectivity index (χ2v) is 11.5. The van der Waals surface area contributed by atoms with Gasteiger partial charge in [-0.25, -0.2) is 4.68 Å². The number of carbonyl (C=O) groups is 2. The van der Waals surface area contributed by atoms with Crippen molar-refractivity contribution in [3.63, 3.8) is 0 Å². The zero-order valence-corrected chi connectivity index (χ0v) is 24.3. The van der Waals surface area contributed by atoms with Crippen LogP contribution in [0.2, 0.25) is 0 Å². The lowest BCUT2D eigenvalue weighted by atomic mass is 9.98. The summed E-state index contributed by atoms with van der Waals surface area (Å²) in [5, 5.41) is 7.97. The number of anilines is 1. The maximum absolute atomic E-state index is 13.9. The molecule has 7 nitrogen and oxygen atoms in total. The van der Waals surface area contributed by atoms with Crippen LogP contribution in [0, 0.1) is 13.8 Å². The summed E-state index contributed by atoms with van der Waals surface area (Å²) in [7, 11) is 0. The Kier molecular flexibility index (Phi) is 7.88. The minimum atomic E-state index is -0.254. The molecular formula is C34H31N5O2S. The molecule has 8 heteroatoms. The van der Waals surface area contributed by atoms with Crippen LogP contribution in [0.1, 0.15) is 33.1 Å². The number of aryl methyl sites for hydroxylation is 2. The maximum Gasteiger partial charge on any atom is 0.240 e. The van der Waals surface area contributed by atoms with E-state index in [-0.39, 0.29) is 29.4 Å². The highest BCUT2D eigenvalue weighted by Gasteiger charge is 2.37. The standard InChI is InChI=1S/C34H31N5O2S/c1-23-9-6-14-27(17-23)33-31-32(26-12-4-3-5-13-26)37-39(28-15-7-10-24(2)18-28)34(31)38(30(41)22-42-33)21-29(40)36-20-25-11-8-16-35-19-25/h3-19,33H,20-22H2,1-2H3,(H,36,40). The first-order valence-corrected chi connectivity index (χ1v) is 14.9. The fraction of sp³-hybridized carbons (Fsp3) is 0.176. The molecule has 3 aromatic carbocycles. The average molecular weight is 574 g/mol.